The lowest BCUT2D eigenvalue weighted by atomic mass is 9.98. The van der Waals surface area contributed by atoms with E-state index in [-0.39, 0.29) is 6.10 Å². The molecule has 13 heavy (non-hydrogen) atoms. The van der Waals surface area contributed by atoms with Gasteiger partial charge in [0, 0.05) is 3.57 Å². The third kappa shape index (κ3) is 2.23. The van der Waals surface area contributed by atoms with Gasteiger partial charge in [-0.05, 0) is 65.5 Å². The molecule has 0 saturated heterocycles. The average Bonchev–Trinajstić information content (AvgIpc) is 2.53. The van der Waals surface area contributed by atoms with Crippen molar-refractivity contribution in [2.75, 3.05) is 0 Å². The molecule has 1 saturated carbocycles. The zero-order chi connectivity index (χ0) is 9.26. The van der Waals surface area contributed by atoms with Crippen molar-refractivity contribution in [2.24, 2.45) is 0 Å². The summed E-state index contributed by atoms with van der Waals surface area (Å²) < 4.78 is 1.28. The van der Waals surface area contributed by atoms with Crippen molar-refractivity contribution < 1.29 is 5.11 Å². The van der Waals surface area contributed by atoms with Gasteiger partial charge in [0.05, 0.1) is 6.10 Å². The van der Waals surface area contributed by atoms with Crippen molar-refractivity contribution in [3.05, 3.63) is 33.4 Å². The Bertz CT molecular complexity index is 281. The van der Waals surface area contributed by atoms with Gasteiger partial charge in [0.2, 0.25) is 0 Å². The topological polar surface area (TPSA) is 20.2 Å². The molecule has 70 valence electrons. The summed E-state index contributed by atoms with van der Waals surface area (Å²) >= 11 is 2.31. The first-order valence-corrected chi connectivity index (χ1v) is 5.77. The molecule has 0 spiro atoms. The number of hydrogen-bond acceptors (Lipinski definition) is 1. The maximum Gasteiger partial charge on any atom is 0.0546 e. The van der Waals surface area contributed by atoms with Crippen molar-refractivity contribution >= 4 is 22.6 Å². The van der Waals surface area contributed by atoms with Gasteiger partial charge in [0.15, 0.2) is 0 Å². The molecule has 0 aliphatic heterocycles. The SMILES string of the molecule is OC1CCC(c2ccc(I)cc2)C1. The Hall–Kier alpha value is -0.0900. The zero-order valence-electron chi connectivity index (χ0n) is 7.41. The molecule has 1 N–H and O–H groups in total. The minimum absolute atomic E-state index is 0.0655. The molecule has 1 nitrogen and oxygen atoms in total. The largest absolute Gasteiger partial charge is 0.393 e. The lowest BCUT2D eigenvalue weighted by Crippen LogP contribution is -1.99. The lowest BCUT2D eigenvalue weighted by molar-refractivity contribution is 0.181. The Morgan fingerprint density at radius 3 is 2.38 bits per heavy atom. The molecule has 1 aromatic carbocycles. The Morgan fingerprint density at radius 2 is 1.85 bits per heavy atom. The van der Waals surface area contributed by atoms with Crippen LogP contribution in [0, 0.1) is 3.57 Å². The Balaban J connectivity index is 2.13. The number of aliphatic hydroxyl groups is 1. The van der Waals surface area contributed by atoms with E-state index in [4.69, 9.17) is 0 Å². The Labute approximate surface area is 92.3 Å². The van der Waals surface area contributed by atoms with E-state index in [1.165, 1.54) is 9.13 Å². The third-order valence-electron chi connectivity index (χ3n) is 2.75. The van der Waals surface area contributed by atoms with Crippen LogP contribution in [0.3, 0.4) is 0 Å². The van der Waals surface area contributed by atoms with Crippen LogP contribution in [0.1, 0.15) is 30.7 Å². The molecule has 1 aliphatic rings. The number of halogens is 1. The highest BCUT2D eigenvalue weighted by molar-refractivity contribution is 14.1. The van der Waals surface area contributed by atoms with Crippen molar-refractivity contribution in [3.8, 4) is 0 Å². The summed E-state index contributed by atoms with van der Waals surface area (Å²) in [5.41, 5.74) is 1.39. The van der Waals surface area contributed by atoms with E-state index in [0.29, 0.717) is 5.92 Å². The lowest BCUT2D eigenvalue weighted by Gasteiger charge is -2.09. The van der Waals surface area contributed by atoms with Gasteiger partial charge in [0.25, 0.3) is 0 Å². The van der Waals surface area contributed by atoms with Crippen LogP contribution in [0.5, 0.6) is 0 Å². The number of aliphatic hydroxyl groups excluding tert-OH is 1. The Kier molecular flexibility index (Phi) is 2.89. The van der Waals surface area contributed by atoms with Crippen LogP contribution in [0.25, 0.3) is 0 Å². The number of rotatable bonds is 1. The molecule has 2 rings (SSSR count). The third-order valence-corrected chi connectivity index (χ3v) is 3.47. The van der Waals surface area contributed by atoms with Gasteiger partial charge < -0.3 is 5.11 Å². The van der Waals surface area contributed by atoms with E-state index in [2.05, 4.69) is 46.9 Å². The van der Waals surface area contributed by atoms with Gasteiger partial charge in [-0.15, -0.1) is 0 Å². The Morgan fingerprint density at radius 1 is 1.15 bits per heavy atom. The van der Waals surface area contributed by atoms with Gasteiger partial charge in [0.1, 0.15) is 0 Å². The van der Waals surface area contributed by atoms with Crippen molar-refractivity contribution in [1.82, 2.24) is 0 Å². The molecule has 1 aliphatic carbocycles. The second-order valence-electron chi connectivity index (χ2n) is 3.72. The molecule has 1 aromatic rings. The van der Waals surface area contributed by atoms with E-state index in [0.717, 1.165) is 19.3 Å². The average molecular weight is 288 g/mol. The smallest absolute Gasteiger partial charge is 0.0546 e. The highest BCUT2D eigenvalue weighted by atomic mass is 127. The van der Waals surface area contributed by atoms with Crippen LogP contribution in [-0.4, -0.2) is 11.2 Å². The highest BCUT2D eigenvalue weighted by Crippen LogP contribution is 2.34. The van der Waals surface area contributed by atoms with Gasteiger partial charge in [-0.25, -0.2) is 0 Å². The summed E-state index contributed by atoms with van der Waals surface area (Å²) in [6.45, 7) is 0. The summed E-state index contributed by atoms with van der Waals surface area (Å²) in [6, 6.07) is 8.65. The fourth-order valence-corrected chi connectivity index (χ4v) is 2.35. The number of benzene rings is 1. The van der Waals surface area contributed by atoms with E-state index in [9.17, 15) is 5.11 Å². The minimum Gasteiger partial charge on any atom is -0.393 e. The van der Waals surface area contributed by atoms with Crippen molar-refractivity contribution in [3.63, 3.8) is 0 Å². The first-order chi connectivity index (χ1) is 6.25. The van der Waals surface area contributed by atoms with Crippen LogP contribution in [0.15, 0.2) is 24.3 Å². The fraction of sp³-hybridized carbons (Fsp3) is 0.455. The van der Waals surface area contributed by atoms with Gasteiger partial charge >= 0.3 is 0 Å². The monoisotopic (exact) mass is 288 g/mol. The predicted octanol–water partition coefficient (Wildman–Crippen LogP) is 2.92. The summed E-state index contributed by atoms with van der Waals surface area (Å²) in [5.74, 6) is 0.590. The maximum atomic E-state index is 9.41. The first-order valence-electron chi connectivity index (χ1n) is 4.69. The van der Waals surface area contributed by atoms with Gasteiger partial charge in [-0.2, -0.15) is 0 Å². The molecule has 0 heterocycles. The van der Waals surface area contributed by atoms with Gasteiger partial charge in [-0.3, -0.25) is 0 Å². The molecule has 2 heteroatoms. The molecular weight excluding hydrogens is 275 g/mol. The number of hydrogen-bond donors (Lipinski definition) is 1. The molecule has 2 unspecified atom stereocenters. The summed E-state index contributed by atoms with van der Waals surface area (Å²) in [7, 11) is 0. The van der Waals surface area contributed by atoms with Crippen LogP contribution < -0.4 is 0 Å². The van der Waals surface area contributed by atoms with Crippen LogP contribution in [0.2, 0.25) is 0 Å². The molecule has 2 atom stereocenters. The summed E-state index contributed by atoms with van der Waals surface area (Å²) in [5, 5.41) is 9.41. The quantitative estimate of drug-likeness (QED) is 0.788. The van der Waals surface area contributed by atoms with Crippen molar-refractivity contribution in [2.45, 2.75) is 31.3 Å². The molecular formula is C11H13IO. The standard InChI is InChI=1S/C11H13IO/c12-10-4-1-8(2-5-10)9-3-6-11(13)7-9/h1-2,4-5,9,11,13H,3,6-7H2. The summed E-state index contributed by atoms with van der Waals surface area (Å²) in [4.78, 5) is 0. The molecule has 0 bridgehead atoms. The van der Waals surface area contributed by atoms with Crippen molar-refractivity contribution in [1.29, 1.82) is 0 Å². The van der Waals surface area contributed by atoms with Crippen LogP contribution in [-0.2, 0) is 0 Å². The predicted molar refractivity (Wildman–Crippen MR) is 61.8 cm³/mol. The van der Waals surface area contributed by atoms with Crippen LogP contribution >= 0.6 is 22.6 Å². The van der Waals surface area contributed by atoms with E-state index >= 15 is 0 Å². The van der Waals surface area contributed by atoms with E-state index in [1.807, 2.05) is 0 Å². The van der Waals surface area contributed by atoms with E-state index < -0.39 is 0 Å². The molecule has 0 amide bonds. The van der Waals surface area contributed by atoms with Crippen LogP contribution in [0.4, 0.5) is 0 Å². The second-order valence-corrected chi connectivity index (χ2v) is 4.96. The second kappa shape index (κ2) is 3.96. The minimum atomic E-state index is -0.0655. The van der Waals surface area contributed by atoms with E-state index in [1.54, 1.807) is 0 Å². The molecule has 0 radical (unpaired) electrons. The zero-order valence-corrected chi connectivity index (χ0v) is 9.57. The first kappa shape index (κ1) is 9.46. The normalized spacial score (nSPS) is 27.8. The molecule has 1 fully saturated rings. The fourth-order valence-electron chi connectivity index (χ4n) is 2.00. The maximum absolute atomic E-state index is 9.41. The van der Waals surface area contributed by atoms with Gasteiger partial charge in [-0.1, -0.05) is 12.1 Å². The highest BCUT2D eigenvalue weighted by Gasteiger charge is 2.23. The molecule has 0 aromatic heterocycles. The summed E-state index contributed by atoms with van der Waals surface area (Å²) in [6.07, 6.45) is 2.99.